The Morgan fingerprint density at radius 1 is 1.00 bits per heavy atom. The van der Waals surface area contributed by atoms with Crippen LogP contribution in [0, 0.1) is 12.5 Å². The lowest BCUT2D eigenvalue weighted by atomic mass is 10.2. The fraction of sp³-hybridized carbons (Fsp3) is 0.857. The molecule has 0 aromatic carbocycles. The van der Waals surface area contributed by atoms with Gasteiger partial charge >= 0.3 is 0 Å². The zero-order chi connectivity index (χ0) is 13.4. The van der Waals surface area contributed by atoms with Crippen LogP contribution in [-0.4, -0.2) is 21.5 Å². The molecule has 0 saturated carbocycles. The molecule has 0 rings (SSSR count). The molecule has 0 aromatic rings. The largest absolute Gasteiger partial charge is 0.447 e. The summed E-state index contributed by atoms with van der Waals surface area (Å²) in [5.74, 6) is 0. The summed E-state index contributed by atoms with van der Waals surface area (Å²) >= 11 is 0. The monoisotopic (exact) mass is 256 g/mol. The first-order chi connectivity index (χ1) is 7.81. The summed E-state index contributed by atoms with van der Waals surface area (Å²) in [6.07, 6.45) is 11.7. The van der Waals surface area contributed by atoms with E-state index >= 15 is 0 Å². The molecule has 0 radical (unpaired) electrons. The Morgan fingerprint density at radius 2 is 1.53 bits per heavy atom. The van der Waals surface area contributed by atoms with Gasteiger partial charge in [-0.2, -0.15) is 0 Å². The molecule has 2 nitrogen and oxygen atoms in total. The van der Waals surface area contributed by atoms with E-state index in [-0.39, 0.29) is 0 Å². The standard InChI is InChI=1S/C14H28O2Si/c1-7-15-12-10-8-9-11-13-16-17(5,6)14(2,3)4/h1H,8-13H2,2-6H3. The third-order valence-electron chi connectivity index (χ3n) is 3.49. The maximum atomic E-state index is 6.10. The van der Waals surface area contributed by atoms with E-state index in [1.807, 2.05) is 0 Å². The topological polar surface area (TPSA) is 18.5 Å². The number of hydrogen-bond donors (Lipinski definition) is 0. The van der Waals surface area contributed by atoms with Crippen molar-refractivity contribution in [2.24, 2.45) is 0 Å². The maximum Gasteiger partial charge on any atom is 0.191 e. The third kappa shape index (κ3) is 7.46. The minimum atomic E-state index is -1.54. The molecule has 3 heteroatoms. The van der Waals surface area contributed by atoms with E-state index in [0.717, 1.165) is 19.4 Å². The maximum absolute atomic E-state index is 6.10. The van der Waals surface area contributed by atoms with Crippen molar-refractivity contribution in [2.75, 3.05) is 13.2 Å². The summed E-state index contributed by atoms with van der Waals surface area (Å²) in [4.78, 5) is 0. The highest BCUT2D eigenvalue weighted by Crippen LogP contribution is 2.36. The lowest BCUT2D eigenvalue weighted by Crippen LogP contribution is -2.40. The zero-order valence-corrected chi connectivity index (χ0v) is 13.1. The Labute approximate surface area is 108 Å². The van der Waals surface area contributed by atoms with Crippen LogP contribution in [0.4, 0.5) is 0 Å². The third-order valence-corrected chi connectivity index (χ3v) is 8.03. The highest BCUT2D eigenvalue weighted by atomic mass is 28.4. The summed E-state index contributed by atoms with van der Waals surface area (Å²) < 4.78 is 10.9. The molecule has 0 aliphatic carbocycles. The van der Waals surface area contributed by atoms with Gasteiger partial charge in [-0.3, -0.25) is 0 Å². The van der Waals surface area contributed by atoms with Gasteiger partial charge in [0, 0.05) is 6.61 Å². The second-order valence-corrected chi connectivity index (χ2v) is 10.8. The average molecular weight is 256 g/mol. The molecular formula is C14H28O2Si. The van der Waals surface area contributed by atoms with Crippen LogP contribution in [0.2, 0.25) is 18.1 Å². The van der Waals surface area contributed by atoms with E-state index in [2.05, 4.69) is 40.0 Å². The zero-order valence-electron chi connectivity index (χ0n) is 12.1. The van der Waals surface area contributed by atoms with Crippen LogP contribution < -0.4 is 0 Å². The second-order valence-electron chi connectivity index (χ2n) is 5.99. The van der Waals surface area contributed by atoms with E-state index < -0.39 is 8.32 Å². The van der Waals surface area contributed by atoms with Gasteiger partial charge in [0.2, 0.25) is 0 Å². The van der Waals surface area contributed by atoms with E-state index in [9.17, 15) is 0 Å². The first-order valence-electron chi connectivity index (χ1n) is 6.52. The van der Waals surface area contributed by atoms with E-state index in [0.29, 0.717) is 11.6 Å². The quantitative estimate of drug-likeness (QED) is 0.368. The molecule has 0 N–H and O–H groups in total. The minimum Gasteiger partial charge on any atom is -0.447 e. The van der Waals surface area contributed by atoms with Gasteiger partial charge in [0.25, 0.3) is 0 Å². The molecule has 0 atom stereocenters. The molecule has 100 valence electrons. The Kier molecular flexibility index (Phi) is 7.57. The lowest BCUT2D eigenvalue weighted by Gasteiger charge is -2.36. The average Bonchev–Trinajstić information content (AvgIpc) is 2.20. The van der Waals surface area contributed by atoms with E-state index in [1.165, 1.54) is 12.8 Å². The van der Waals surface area contributed by atoms with Gasteiger partial charge in [-0.05, 0) is 37.4 Å². The van der Waals surface area contributed by atoms with E-state index in [4.69, 9.17) is 15.6 Å². The molecule has 0 fully saturated rings. The van der Waals surface area contributed by atoms with Gasteiger partial charge in [0.05, 0.1) is 0 Å². The molecule has 0 heterocycles. The molecule has 0 aliphatic rings. The molecule has 0 aromatic heterocycles. The Hall–Kier alpha value is -0.463. The molecule has 0 aliphatic heterocycles. The number of hydrogen-bond acceptors (Lipinski definition) is 2. The highest BCUT2D eigenvalue weighted by Gasteiger charge is 2.36. The van der Waals surface area contributed by atoms with Crippen LogP contribution in [-0.2, 0) is 9.16 Å². The number of rotatable bonds is 8. The predicted molar refractivity (Wildman–Crippen MR) is 76.4 cm³/mol. The molecule has 0 bridgehead atoms. The van der Waals surface area contributed by atoms with Gasteiger partial charge in [-0.1, -0.05) is 33.6 Å². The van der Waals surface area contributed by atoms with Gasteiger partial charge in [0.1, 0.15) is 12.7 Å². The van der Waals surface area contributed by atoms with Crippen LogP contribution in [0.25, 0.3) is 0 Å². The summed E-state index contributed by atoms with van der Waals surface area (Å²) in [5.41, 5.74) is 0. The van der Waals surface area contributed by atoms with Gasteiger partial charge in [0.15, 0.2) is 8.32 Å². The van der Waals surface area contributed by atoms with Gasteiger partial charge in [-0.25, -0.2) is 0 Å². The van der Waals surface area contributed by atoms with Crippen molar-refractivity contribution in [3.8, 4) is 12.5 Å². The normalized spacial score (nSPS) is 12.2. The minimum absolute atomic E-state index is 0.313. The fourth-order valence-electron chi connectivity index (χ4n) is 1.23. The molecule has 17 heavy (non-hydrogen) atoms. The first kappa shape index (κ1) is 16.5. The van der Waals surface area contributed by atoms with Crippen molar-refractivity contribution < 1.29 is 9.16 Å². The van der Waals surface area contributed by atoms with Crippen molar-refractivity contribution in [3.63, 3.8) is 0 Å². The molecule has 0 unspecified atom stereocenters. The summed E-state index contributed by atoms with van der Waals surface area (Å²) in [7, 11) is -1.54. The van der Waals surface area contributed by atoms with Crippen LogP contribution in [0.1, 0.15) is 46.5 Å². The Bertz CT molecular complexity index is 236. The summed E-state index contributed by atoms with van der Waals surface area (Å²) in [6, 6.07) is 0. The Balaban J connectivity index is 3.49. The van der Waals surface area contributed by atoms with Crippen LogP contribution in [0.15, 0.2) is 0 Å². The lowest BCUT2D eigenvalue weighted by molar-refractivity contribution is 0.256. The van der Waals surface area contributed by atoms with Crippen LogP contribution in [0.3, 0.4) is 0 Å². The number of terminal acetylenes is 1. The first-order valence-corrected chi connectivity index (χ1v) is 9.43. The van der Waals surface area contributed by atoms with Crippen molar-refractivity contribution in [3.05, 3.63) is 0 Å². The van der Waals surface area contributed by atoms with Crippen LogP contribution in [0.5, 0.6) is 0 Å². The van der Waals surface area contributed by atoms with E-state index in [1.54, 1.807) is 0 Å². The Morgan fingerprint density at radius 3 is 2.00 bits per heavy atom. The van der Waals surface area contributed by atoms with Crippen molar-refractivity contribution in [1.82, 2.24) is 0 Å². The van der Waals surface area contributed by atoms with Crippen molar-refractivity contribution >= 4 is 8.32 Å². The molecule has 0 spiro atoms. The van der Waals surface area contributed by atoms with Crippen molar-refractivity contribution in [1.29, 1.82) is 0 Å². The number of ether oxygens (including phenoxy) is 1. The summed E-state index contributed by atoms with van der Waals surface area (Å²) in [5, 5.41) is 0.313. The van der Waals surface area contributed by atoms with Gasteiger partial charge in [-0.15, -0.1) is 0 Å². The van der Waals surface area contributed by atoms with Crippen LogP contribution >= 0.6 is 0 Å². The SMILES string of the molecule is C#COCCCCCCO[Si](C)(C)C(C)(C)C. The molecule has 0 amide bonds. The van der Waals surface area contributed by atoms with Crippen molar-refractivity contribution in [2.45, 2.75) is 64.6 Å². The van der Waals surface area contributed by atoms with Gasteiger partial charge < -0.3 is 9.16 Å². The predicted octanol–water partition coefficient (Wildman–Crippen LogP) is 4.18. The number of unbranched alkanes of at least 4 members (excludes halogenated alkanes) is 3. The highest BCUT2D eigenvalue weighted by molar-refractivity contribution is 6.74. The smallest absolute Gasteiger partial charge is 0.191 e. The molecule has 0 saturated heterocycles. The second kappa shape index (κ2) is 7.78. The molecular weight excluding hydrogens is 228 g/mol. The summed E-state index contributed by atoms with van der Waals surface area (Å²) in [6.45, 7) is 13.0. The fourth-order valence-corrected chi connectivity index (χ4v) is 2.32.